The summed E-state index contributed by atoms with van der Waals surface area (Å²) in [5.74, 6) is 3.94. The Labute approximate surface area is 302 Å². The van der Waals surface area contributed by atoms with Gasteiger partial charge in [0.05, 0.1) is 53.8 Å². The first kappa shape index (κ1) is 35.8. The first-order chi connectivity index (χ1) is 24.8. The van der Waals surface area contributed by atoms with Gasteiger partial charge in [-0.3, -0.25) is 4.79 Å². The third-order valence-corrected chi connectivity index (χ3v) is 13.1. The van der Waals surface area contributed by atoms with Crippen LogP contribution in [0.15, 0.2) is 91.0 Å². The highest BCUT2D eigenvalue weighted by atomic mass is 31.1. The molecule has 264 valence electrons. The van der Waals surface area contributed by atoms with Gasteiger partial charge in [0.15, 0.2) is 0 Å². The number of ether oxygens (including phenoxy) is 6. The van der Waals surface area contributed by atoms with E-state index in [4.69, 9.17) is 28.4 Å². The summed E-state index contributed by atoms with van der Waals surface area (Å²) in [6.45, 7) is 4.28. The number of aryl methyl sites for hydroxylation is 2. The minimum atomic E-state index is -1.19. The molecule has 0 amide bonds. The van der Waals surface area contributed by atoms with Crippen LogP contribution in [0.25, 0.3) is 22.3 Å². The molecule has 1 fully saturated rings. The number of methoxy groups -OCH3 is 6. The molecule has 6 rings (SSSR count). The Morgan fingerprint density at radius 2 is 0.882 bits per heavy atom. The zero-order valence-electron chi connectivity index (χ0n) is 30.5. The van der Waals surface area contributed by atoms with E-state index in [-0.39, 0.29) is 17.1 Å². The molecule has 0 aliphatic carbocycles. The van der Waals surface area contributed by atoms with Gasteiger partial charge in [0.2, 0.25) is 0 Å². The fourth-order valence-electron chi connectivity index (χ4n) is 7.45. The van der Waals surface area contributed by atoms with Crippen molar-refractivity contribution in [2.45, 2.75) is 38.0 Å². The molecule has 2 unspecified atom stereocenters. The van der Waals surface area contributed by atoms with Crippen molar-refractivity contribution in [1.29, 1.82) is 0 Å². The third-order valence-electron chi connectivity index (χ3n) is 9.87. The summed E-state index contributed by atoms with van der Waals surface area (Å²) in [4.78, 5) is 14.0. The van der Waals surface area contributed by atoms with Crippen molar-refractivity contribution in [3.05, 3.63) is 113 Å². The van der Waals surface area contributed by atoms with Crippen LogP contribution in [0.5, 0.6) is 34.5 Å². The van der Waals surface area contributed by atoms with Crippen molar-refractivity contribution in [3.63, 3.8) is 0 Å². The molecule has 0 bridgehead atoms. The molecule has 1 heterocycles. The predicted molar refractivity (Wildman–Crippen MR) is 205 cm³/mol. The van der Waals surface area contributed by atoms with Gasteiger partial charge in [-0.25, -0.2) is 0 Å². The molecular weight excluding hydrogens is 659 g/mol. The van der Waals surface area contributed by atoms with Crippen LogP contribution in [0.3, 0.4) is 0 Å². The summed E-state index contributed by atoms with van der Waals surface area (Å²) < 4.78 is 35.7. The lowest BCUT2D eigenvalue weighted by Gasteiger charge is -2.42. The molecule has 5 aromatic carbocycles. The molecule has 1 aliphatic rings. The first-order valence-electron chi connectivity index (χ1n) is 16.9. The Morgan fingerprint density at radius 3 is 1.22 bits per heavy atom. The van der Waals surface area contributed by atoms with Crippen molar-refractivity contribution in [1.82, 2.24) is 0 Å². The van der Waals surface area contributed by atoms with E-state index in [0.717, 1.165) is 38.7 Å². The molecule has 0 spiro atoms. The largest absolute Gasteiger partial charge is 0.496 e. The topological polar surface area (TPSA) is 72.5 Å². The maximum atomic E-state index is 14.0. The van der Waals surface area contributed by atoms with E-state index < -0.39 is 7.92 Å². The van der Waals surface area contributed by atoms with Crippen LogP contribution in [0.1, 0.15) is 46.4 Å². The van der Waals surface area contributed by atoms with Crippen LogP contribution >= 0.6 is 7.92 Å². The Kier molecular flexibility index (Phi) is 10.9. The van der Waals surface area contributed by atoms with Crippen molar-refractivity contribution in [2.24, 2.45) is 0 Å². The number of hydrogen-bond donors (Lipinski definition) is 0. The first-order valence-corrected chi connectivity index (χ1v) is 18.4. The van der Waals surface area contributed by atoms with Crippen LogP contribution in [0, 0.1) is 13.8 Å². The second kappa shape index (κ2) is 15.5. The predicted octanol–water partition coefficient (Wildman–Crippen LogP) is 9.64. The smallest absolute Gasteiger partial charge is 0.134 e. The van der Waals surface area contributed by atoms with Gasteiger partial charge in [0, 0.05) is 48.4 Å². The fourth-order valence-corrected chi connectivity index (χ4v) is 11.4. The van der Waals surface area contributed by atoms with Gasteiger partial charge in [0.1, 0.15) is 40.3 Å². The molecule has 2 atom stereocenters. The van der Waals surface area contributed by atoms with Gasteiger partial charge in [-0.15, -0.1) is 0 Å². The summed E-state index contributed by atoms with van der Waals surface area (Å²) in [5, 5.41) is 1.10. The zero-order valence-corrected chi connectivity index (χ0v) is 31.4. The molecule has 0 N–H and O–H groups in total. The van der Waals surface area contributed by atoms with E-state index in [0.29, 0.717) is 47.3 Å². The van der Waals surface area contributed by atoms with Crippen LogP contribution in [-0.2, 0) is 4.79 Å². The van der Waals surface area contributed by atoms with E-state index in [1.165, 1.54) is 11.1 Å². The number of ketones is 1. The molecule has 7 nitrogen and oxygen atoms in total. The van der Waals surface area contributed by atoms with Gasteiger partial charge in [-0.1, -0.05) is 74.7 Å². The Hall–Kier alpha value is -5.00. The standard InChI is InChI=1S/C43H45O7P/c1-26-14-9-11-16-31(26)39-20-28(44)21-40(32-17-12-10-15-27(32)2)51(39)43-33(41-35(47-5)22-29(45-3)23-36(41)48-6)18-13-19-34(43)42-37(49-7)24-30(46-4)25-38(42)50-8/h9-19,22-25,39-40H,20-21H2,1-8H3. The average Bonchev–Trinajstić information content (AvgIpc) is 3.16. The van der Waals surface area contributed by atoms with Crippen molar-refractivity contribution in [3.8, 4) is 56.8 Å². The van der Waals surface area contributed by atoms with Crippen LogP contribution < -0.4 is 33.7 Å². The fraction of sp³-hybridized carbons (Fsp3) is 0.279. The van der Waals surface area contributed by atoms with Gasteiger partial charge in [0.25, 0.3) is 0 Å². The highest BCUT2D eigenvalue weighted by Gasteiger charge is 2.43. The van der Waals surface area contributed by atoms with Crippen molar-refractivity contribution >= 4 is 19.0 Å². The maximum absolute atomic E-state index is 14.0. The summed E-state index contributed by atoms with van der Waals surface area (Å²) in [5.41, 5.74) is 8.00. The van der Waals surface area contributed by atoms with E-state index in [9.17, 15) is 4.79 Å². The molecule has 51 heavy (non-hydrogen) atoms. The van der Waals surface area contributed by atoms with E-state index in [1.54, 1.807) is 42.7 Å². The molecule has 1 saturated heterocycles. The van der Waals surface area contributed by atoms with E-state index in [1.807, 2.05) is 24.3 Å². The van der Waals surface area contributed by atoms with Gasteiger partial charge in [-0.05, 0) is 52.5 Å². The highest BCUT2D eigenvalue weighted by molar-refractivity contribution is 7.67. The lowest BCUT2D eigenvalue weighted by Crippen LogP contribution is -2.26. The Morgan fingerprint density at radius 1 is 0.510 bits per heavy atom. The number of carbonyl (C=O) groups excluding carboxylic acids is 1. The number of hydrogen-bond acceptors (Lipinski definition) is 7. The number of Topliss-reactive ketones (excluding diaryl/α,β-unsaturated/α-hetero) is 1. The molecule has 0 radical (unpaired) electrons. The number of carbonyl (C=O) groups is 1. The van der Waals surface area contributed by atoms with Crippen LogP contribution in [0.4, 0.5) is 0 Å². The van der Waals surface area contributed by atoms with E-state index >= 15 is 0 Å². The summed E-state index contributed by atoms with van der Waals surface area (Å²) in [7, 11) is 8.71. The summed E-state index contributed by atoms with van der Waals surface area (Å²) >= 11 is 0. The molecule has 5 aromatic rings. The van der Waals surface area contributed by atoms with Gasteiger partial charge < -0.3 is 28.4 Å². The molecule has 1 aliphatic heterocycles. The van der Waals surface area contributed by atoms with Gasteiger partial charge >= 0.3 is 0 Å². The van der Waals surface area contributed by atoms with Crippen LogP contribution in [0.2, 0.25) is 0 Å². The monoisotopic (exact) mass is 704 g/mol. The zero-order chi connectivity index (χ0) is 36.2. The van der Waals surface area contributed by atoms with Crippen molar-refractivity contribution in [2.75, 3.05) is 42.7 Å². The third kappa shape index (κ3) is 6.75. The Bertz CT molecular complexity index is 1870. The second-order valence-electron chi connectivity index (χ2n) is 12.6. The molecular formula is C43H45O7P. The summed E-state index contributed by atoms with van der Waals surface area (Å²) in [6, 6.07) is 30.8. The minimum absolute atomic E-state index is 0.0857. The van der Waals surface area contributed by atoms with Crippen molar-refractivity contribution < 1.29 is 33.2 Å². The van der Waals surface area contributed by atoms with Gasteiger partial charge in [-0.2, -0.15) is 0 Å². The lowest BCUT2D eigenvalue weighted by molar-refractivity contribution is -0.119. The highest BCUT2D eigenvalue weighted by Crippen LogP contribution is 2.69. The Balaban J connectivity index is 1.81. The second-order valence-corrected chi connectivity index (χ2v) is 15.1. The normalized spacial score (nSPS) is 17.1. The van der Waals surface area contributed by atoms with E-state index in [2.05, 4.69) is 80.6 Å². The SMILES string of the molecule is COc1cc(OC)c(-c2cccc(-c3c(OC)cc(OC)cc3OC)c2P2C(c3ccccc3C)CC(=O)CC2c2ccccc2C)c(OC)c1. The minimum Gasteiger partial charge on any atom is -0.496 e. The average molecular weight is 705 g/mol. The maximum Gasteiger partial charge on any atom is 0.134 e. The van der Waals surface area contributed by atoms with Crippen LogP contribution in [-0.4, -0.2) is 48.4 Å². The lowest BCUT2D eigenvalue weighted by atomic mass is 9.95. The number of rotatable bonds is 11. The number of benzene rings is 5. The molecule has 8 heteroatoms. The quantitative estimate of drug-likeness (QED) is 0.127. The molecule has 0 saturated carbocycles. The summed E-state index contributed by atoms with van der Waals surface area (Å²) in [6.07, 6.45) is 0.862. The molecule has 0 aromatic heterocycles.